The Labute approximate surface area is 182 Å². The average Bonchev–Trinajstić information content (AvgIpc) is 2.70. The summed E-state index contributed by atoms with van der Waals surface area (Å²) in [6.45, 7) is 1.89. The Morgan fingerprint density at radius 2 is 1.71 bits per heavy atom. The molecule has 4 bridgehead atoms. The lowest BCUT2D eigenvalue weighted by Crippen LogP contribution is -2.62. The van der Waals surface area contributed by atoms with Crippen LogP contribution >= 0.6 is 0 Å². The zero-order valence-corrected chi connectivity index (χ0v) is 17.9. The van der Waals surface area contributed by atoms with Gasteiger partial charge in [0, 0.05) is 17.2 Å². The Hall–Kier alpha value is -2.83. The minimum absolute atomic E-state index is 0.174. The van der Waals surface area contributed by atoms with E-state index in [1.54, 1.807) is 6.08 Å². The number of imide groups is 1. The van der Waals surface area contributed by atoms with Gasteiger partial charge in [0.25, 0.3) is 5.91 Å². The number of nitrogens with one attached hydrogen (secondary N) is 2. The molecule has 0 saturated heterocycles. The zero-order valence-electron chi connectivity index (χ0n) is 17.9. The predicted molar refractivity (Wildman–Crippen MR) is 115 cm³/mol. The number of carbonyl (C=O) groups is 3. The van der Waals surface area contributed by atoms with Crippen molar-refractivity contribution in [3.05, 3.63) is 35.9 Å². The molecule has 0 radical (unpaired) electrons. The maximum absolute atomic E-state index is 12.4. The molecule has 7 heteroatoms. The fourth-order valence-electron chi connectivity index (χ4n) is 5.95. The number of para-hydroxylation sites is 1. The Bertz CT molecular complexity index is 843. The molecule has 4 saturated carbocycles. The lowest BCUT2D eigenvalue weighted by molar-refractivity contribution is -0.143. The highest BCUT2D eigenvalue weighted by atomic mass is 16.5. The van der Waals surface area contributed by atoms with Gasteiger partial charge < -0.3 is 14.8 Å². The van der Waals surface area contributed by atoms with Crippen molar-refractivity contribution in [1.82, 2.24) is 10.6 Å². The Kier molecular flexibility index (Phi) is 6.30. The van der Waals surface area contributed by atoms with Gasteiger partial charge in [-0.05, 0) is 75.3 Å². The zero-order chi connectivity index (χ0) is 21.8. The summed E-state index contributed by atoms with van der Waals surface area (Å²) in [6.07, 6.45) is 9.66. The van der Waals surface area contributed by atoms with E-state index in [1.165, 1.54) is 25.3 Å². The van der Waals surface area contributed by atoms with Crippen molar-refractivity contribution in [2.75, 3.05) is 13.2 Å². The second-order valence-corrected chi connectivity index (χ2v) is 9.11. The number of ether oxygens (including phenoxy) is 2. The Morgan fingerprint density at radius 3 is 2.35 bits per heavy atom. The molecule has 7 nitrogen and oxygen atoms in total. The number of amides is 3. The minimum Gasteiger partial charge on any atom is -0.493 e. The first-order valence-corrected chi connectivity index (χ1v) is 11.1. The molecule has 0 unspecified atom stereocenters. The van der Waals surface area contributed by atoms with Crippen LogP contribution in [-0.2, 0) is 14.3 Å². The van der Waals surface area contributed by atoms with Gasteiger partial charge in [0.1, 0.15) is 5.75 Å². The monoisotopic (exact) mass is 426 g/mol. The van der Waals surface area contributed by atoms with Gasteiger partial charge in [-0.15, -0.1) is 0 Å². The van der Waals surface area contributed by atoms with E-state index in [9.17, 15) is 14.4 Å². The predicted octanol–water partition coefficient (Wildman–Crippen LogP) is 3.44. The lowest BCUT2D eigenvalue weighted by Gasteiger charge is -2.56. The van der Waals surface area contributed by atoms with Gasteiger partial charge in [-0.2, -0.15) is 0 Å². The number of carbonyl (C=O) groups excluding carboxylic acids is 3. The standard InChI is InChI=1S/C24H30N2O5/c1-2-30-20-6-4-3-5-19(20)7-8-22(28)31-15-21(27)25-23(29)26-24-12-16-9-17(13-24)11-18(10-16)14-24/h3-8,16-18H,2,9-15H2,1H3,(H2,25,26,27,29)/b8-7+. The molecule has 0 aliphatic heterocycles. The van der Waals surface area contributed by atoms with Gasteiger partial charge in [-0.25, -0.2) is 9.59 Å². The molecule has 1 aromatic rings. The SMILES string of the molecule is CCOc1ccccc1/C=C/C(=O)OCC(=O)NC(=O)NC12CC3CC(CC(C3)C1)C2. The average molecular weight is 427 g/mol. The molecular formula is C24H30N2O5. The molecule has 31 heavy (non-hydrogen) atoms. The summed E-state index contributed by atoms with van der Waals surface area (Å²) >= 11 is 0. The highest BCUT2D eigenvalue weighted by molar-refractivity contribution is 5.96. The van der Waals surface area contributed by atoms with Crippen molar-refractivity contribution in [2.45, 2.75) is 51.0 Å². The van der Waals surface area contributed by atoms with E-state index >= 15 is 0 Å². The molecule has 0 atom stereocenters. The van der Waals surface area contributed by atoms with Gasteiger partial charge in [-0.1, -0.05) is 18.2 Å². The van der Waals surface area contributed by atoms with Crippen molar-refractivity contribution in [3.63, 3.8) is 0 Å². The van der Waals surface area contributed by atoms with E-state index in [0.29, 0.717) is 30.1 Å². The summed E-state index contributed by atoms with van der Waals surface area (Å²) in [5.41, 5.74) is 0.563. The van der Waals surface area contributed by atoms with Crippen LogP contribution in [0.2, 0.25) is 0 Å². The molecule has 0 aromatic heterocycles. The summed E-state index contributed by atoms with van der Waals surface area (Å²) in [6, 6.07) is 6.81. The van der Waals surface area contributed by atoms with Crippen LogP contribution in [-0.4, -0.2) is 36.7 Å². The van der Waals surface area contributed by atoms with Crippen LogP contribution in [0.1, 0.15) is 51.0 Å². The molecule has 4 fully saturated rings. The molecule has 3 amide bonds. The van der Waals surface area contributed by atoms with Crippen LogP contribution in [0.3, 0.4) is 0 Å². The highest BCUT2D eigenvalue weighted by Crippen LogP contribution is 2.55. The number of esters is 1. The van der Waals surface area contributed by atoms with Crippen LogP contribution in [0.5, 0.6) is 5.75 Å². The molecule has 166 valence electrons. The van der Waals surface area contributed by atoms with Crippen molar-refractivity contribution in [2.24, 2.45) is 17.8 Å². The molecular weight excluding hydrogens is 396 g/mol. The van der Waals surface area contributed by atoms with Crippen molar-refractivity contribution in [3.8, 4) is 5.75 Å². The lowest BCUT2D eigenvalue weighted by atomic mass is 9.53. The Morgan fingerprint density at radius 1 is 1.06 bits per heavy atom. The van der Waals surface area contributed by atoms with E-state index < -0.39 is 24.5 Å². The quantitative estimate of drug-likeness (QED) is 0.515. The van der Waals surface area contributed by atoms with Crippen LogP contribution in [0, 0.1) is 17.8 Å². The summed E-state index contributed by atoms with van der Waals surface area (Å²) in [7, 11) is 0. The second-order valence-electron chi connectivity index (χ2n) is 9.11. The molecule has 5 rings (SSSR count). The summed E-state index contributed by atoms with van der Waals surface area (Å²) in [4.78, 5) is 36.4. The van der Waals surface area contributed by atoms with Gasteiger partial charge >= 0.3 is 12.0 Å². The van der Waals surface area contributed by atoms with Gasteiger partial charge in [0.05, 0.1) is 6.61 Å². The van der Waals surface area contributed by atoms with Crippen molar-refractivity contribution >= 4 is 24.0 Å². The topological polar surface area (TPSA) is 93.7 Å². The van der Waals surface area contributed by atoms with Crippen molar-refractivity contribution in [1.29, 1.82) is 0 Å². The first kappa shape index (κ1) is 21.4. The fraction of sp³-hybridized carbons (Fsp3) is 0.542. The second kappa shape index (κ2) is 9.12. The third-order valence-corrected chi connectivity index (χ3v) is 6.63. The maximum atomic E-state index is 12.4. The third kappa shape index (κ3) is 5.27. The number of urea groups is 1. The molecule has 1 aromatic carbocycles. The highest BCUT2D eigenvalue weighted by Gasteiger charge is 2.51. The summed E-state index contributed by atoms with van der Waals surface area (Å²) < 4.78 is 10.5. The van der Waals surface area contributed by atoms with Gasteiger partial charge in [0.15, 0.2) is 6.61 Å². The minimum atomic E-state index is -0.664. The first-order valence-electron chi connectivity index (χ1n) is 11.1. The normalized spacial score (nSPS) is 28.4. The van der Waals surface area contributed by atoms with E-state index in [-0.39, 0.29) is 5.54 Å². The summed E-state index contributed by atoms with van der Waals surface area (Å²) in [5, 5.41) is 5.37. The van der Waals surface area contributed by atoms with E-state index in [4.69, 9.17) is 9.47 Å². The number of rotatable bonds is 7. The Balaban J connectivity index is 1.22. The van der Waals surface area contributed by atoms with Crippen LogP contribution in [0.4, 0.5) is 4.79 Å². The molecule has 4 aliphatic carbocycles. The fourth-order valence-corrected chi connectivity index (χ4v) is 5.95. The molecule has 0 heterocycles. The van der Waals surface area contributed by atoms with Crippen molar-refractivity contribution < 1.29 is 23.9 Å². The van der Waals surface area contributed by atoms with Crippen LogP contribution in [0.15, 0.2) is 30.3 Å². The molecule has 2 N–H and O–H groups in total. The van der Waals surface area contributed by atoms with Crippen LogP contribution < -0.4 is 15.4 Å². The maximum Gasteiger partial charge on any atom is 0.331 e. The van der Waals surface area contributed by atoms with E-state index in [0.717, 1.165) is 24.8 Å². The number of benzene rings is 1. The summed E-state index contributed by atoms with van der Waals surface area (Å²) in [5.74, 6) is 1.45. The molecule has 4 aliphatic rings. The smallest absolute Gasteiger partial charge is 0.331 e. The van der Waals surface area contributed by atoms with E-state index in [2.05, 4.69) is 10.6 Å². The largest absolute Gasteiger partial charge is 0.493 e. The number of hydrogen-bond acceptors (Lipinski definition) is 5. The van der Waals surface area contributed by atoms with Gasteiger partial charge in [-0.3, -0.25) is 10.1 Å². The third-order valence-electron chi connectivity index (χ3n) is 6.63. The number of hydrogen-bond donors (Lipinski definition) is 2. The molecule has 0 spiro atoms. The van der Waals surface area contributed by atoms with Gasteiger partial charge in [0.2, 0.25) is 0 Å². The van der Waals surface area contributed by atoms with E-state index in [1.807, 2.05) is 31.2 Å². The first-order chi connectivity index (χ1) is 14.9. The van der Waals surface area contributed by atoms with Crippen LogP contribution in [0.25, 0.3) is 6.08 Å².